The average Bonchev–Trinajstić information content (AvgIpc) is 3.09. The summed E-state index contributed by atoms with van der Waals surface area (Å²) in [6, 6.07) is 2.27. The molecule has 2 aliphatic rings. The predicted molar refractivity (Wildman–Crippen MR) is 101 cm³/mol. The van der Waals surface area contributed by atoms with Crippen molar-refractivity contribution in [2.24, 2.45) is 5.92 Å². The molecule has 1 fully saturated rings. The largest absolute Gasteiger partial charge is 0.335 e. The molecule has 1 unspecified atom stereocenters. The number of unbranched alkanes of at least 4 members (excludes halogenated alkanes) is 1. The Hall–Kier alpha value is -0.920. The molecule has 0 aromatic carbocycles. The Kier molecular flexibility index (Phi) is 5.85. The molecule has 7 heteroatoms. The number of rotatable bonds is 5. The first kappa shape index (κ1) is 18.9. The number of piperidine rings is 1. The summed E-state index contributed by atoms with van der Waals surface area (Å²) >= 11 is 1.78. The molecule has 0 bridgehead atoms. The van der Waals surface area contributed by atoms with Crippen LogP contribution in [0.15, 0.2) is 11.4 Å². The Balaban J connectivity index is 1.59. The summed E-state index contributed by atoms with van der Waals surface area (Å²) in [7, 11) is -3.15. The molecule has 1 aromatic heterocycles. The van der Waals surface area contributed by atoms with Crippen molar-refractivity contribution in [1.82, 2.24) is 9.21 Å². The molecule has 3 rings (SSSR count). The predicted octanol–water partition coefficient (Wildman–Crippen LogP) is 3.04. The van der Waals surface area contributed by atoms with Crippen LogP contribution in [0.2, 0.25) is 0 Å². The van der Waals surface area contributed by atoms with E-state index in [1.165, 1.54) is 10.4 Å². The number of nitrogens with zero attached hydrogens (tertiary/aromatic N) is 2. The number of hydrogen-bond acceptors (Lipinski definition) is 4. The second kappa shape index (κ2) is 7.76. The highest BCUT2D eigenvalue weighted by Gasteiger charge is 2.36. The van der Waals surface area contributed by atoms with Gasteiger partial charge in [0.15, 0.2) is 0 Å². The van der Waals surface area contributed by atoms with E-state index in [1.54, 1.807) is 15.6 Å². The lowest BCUT2D eigenvalue weighted by Gasteiger charge is -2.38. The number of amides is 1. The first-order valence-electron chi connectivity index (χ1n) is 9.28. The monoisotopic (exact) mass is 384 g/mol. The van der Waals surface area contributed by atoms with Crippen molar-refractivity contribution in [3.63, 3.8) is 0 Å². The van der Waals surface area contributed by atoms with Gasteiger partial charge < -0.3 is 4.90 Å². The van der Waals surface area contributed by atoms with Crippen LogP contribution in [-0.4, -0.2) is 48.9 Å². The van der Waals surface area contributed by atoms with Crippen LogP contribution >= 0.6 is 11.3 Å². The second-order valence-electron chi connectivity index (χ2n) is 7.10. The molecule has 1 saturated heterocycles. The van der Waals surface area contributed by atoms with E-state index in [4.69, 9.17) is 0 Å². The van der Waals surface area contributed by atoms with E-state index < -0.39 is 10.0 Å². The SMILES string of the molecule is CCCCS(=O)(=O)N1CCC(C(=O)N2CCc3sccc3C2C)CC1. The van der Waals surface area contributed by atoms with Crippen LogP contribution in [0.25, 0.3) is 0 Å². The van der Waals surface area contributed by atoms with Crippen LogP contribution in [0.3, 0.4) is 0 Å². The molecule has 0 N–H and O–H groups in total. The maximum absolute atomic E-state index is 13.0. The number of carbonyl (C=O) groups is 1. The van der Waals surface area contributed by atoms with Crippen molar-refractivity contribution in [3.05, 3.63) is 21.9 Å². The van der Waals surface area contributed by atoms with Crippen LogP contribution in [-0.2, 0) is 21.2 Å². The lowest BCUT2D eigenvalue weighted by atomic mass is 9.93. The lowest BCUT2D eigenvalue weighted by molar-refractivity contribution is -0.139. The van der Waals surface area contributed by atoms with Gasteiger partial charge in [0, 0.05) is 30.4 Å². The Morgan fingerprint density at radius 1 is 1.28 bits per heavy atom. The third-order valence-corrected chi connectivity index (χ3v) is 8.47. The smallest absolute Gasteiger partial charge is 0.226 e. The van der Waals surface area contributed by atoms with Crippen LogP contribution < -0.4 is 0 Å². The van der Waals surface area contributed by atoms with Gasteiger partial charge in [-0.05, 0) is 49.6 Å². The van der Waals surface area contributed by atoms with Gasteiger partial charge in [-0.1, -0.05) is 13.3 Å². The summed E-state index contributed by atoms with van der Waals surface area (Å²) < 4.78 is 26.2. The minimum Gasteiger partial charge on any atom is -0.335 e. The minimum absolute atomic E-state index is 0.0414. The molecule has 0 radical (unpaired) electrons. The average molecular weight is 385 g/mol. The Morgan fingerprint density at radius 2 is 2.00 bits per heavy atom. The zero-order valence-corrected chi connectivity index (χ0v) is 16.7. The van der Waals surface area contributed by atoms with Crippen molar-refractivity contribution in [1.29, 1.82) is 0 Å². The third-order valence-electron chi connectivity index (χ3n) is 5.51. The van der Waals surface area contributed by atoms with Gasteiger partial charge in [0.25, 0.3) is 0 Å². The molecule has 2 aliphatic heterocycles. The highest BCUT2D eigenvalue weighted by Crippen LogP contribution is 2.35. The van der Waals surface area contributed by atoms with E-state index in [0.29, 0.717) is 32.4 Å². The molecule has 5 nitrogen and oxygen atoms in total. The normalized spacial score (nSPS) is 22.8. The van der Waals surface area contributed by atoms with E-state index in [9.17, 15) is 13.2 Å². The number of sulfonamides is 1. The Labute approximate surface area is 155 Å². The van der Waals surface area contributed by atoms with Crippen LogP contribution in [0, 0.1) is 5.92 Å². The fourth-order valence-corrected chi connectivity index (χ4v) is 6.52. The van der Waals surface area contributed by atoms with Gasteiger partial charge in [-0.25, -0.2) is 12.7 Å². The van der Waals surface area contributed by atoms with Crippen LogP contribution in [0.1, 0.15) is 56.0 Å². The molecule has 1 atom stereocenters. The summed E-state index contributed by atoms with van der Waals surface area (Å²) in [6.45, 7) is 5.84. The molecule has 0 saturated carbocycles. The van der Waals surface area contributed by atoms with Crippen molar-refractivity contribution < 1.29 is 13.2 Å². The number of hydrogen-bond donors (Lipinski definition) is 0. The second-order valence-corrected chi connectivity index (χ2v) is 10.2. The van der Waals surface area contributed by atoms with Crippen LogP contribution in [0.4, 0.5) is 0 Å². The van der Waals surface area contributed by atoms with Gasteiger partial charge in [0.2, 0.25) is 15.9 Å². The number of thiophene rings is 1. The van der Waals surface area contributed by atoms with Gasteiger partial charge >= 0.3 is 0 Å². The molecule has 25 heavy (non-hydrogen) atoms. The highest BCUT2D eigenvalue weighted by atomic mass is 32.2. The van der Waals surface area contributed by atoms with Gasteiger partial charge in [-0.3, -0.25) is 4.79 Å². The molecule has 0 spiro atoms. The molecular formula is C18H28N2O3S2. The topological polar surface area (TPSA) is 57.7 Å². The zero-order valence-electron chi connectivity index (χ0n) is 15.1. The minimum atomic E-state index is -3.15. The quantitative estimate of drug-likeness (QED) is 0.784. The molecular weight excluding hydrogens is 356 g/mol. The van der Waals surface area contributed by atoms with E-state index in [1.807, 2.05) is 11.8 Å². The van der Waals surface area contributed by atoms with Crippen LogP contribution in [0.5, 0.6) is 0 Å². The maximum atomic E-state index is 13.0. The first-order chi connectivity index (χ1) is 11.9. The summed E-state index contributed by atoms with van der Waals surface area (Å²) in [5, 5.41) is 2.11. The maximum Gasteiger partial charge on any atom is 0.226 e. The Morgan fingerprint density at radius 3 is 2.68 bits per heavy atom. The van der Waals surface area contributed by atoms with Gasteiger partial charge in [-0.2, -0.15) is 0 Å². The van der Waals surface area contributed by atoms with Crippen molar-refractivity contribution in [3.8, 4) is 0 Å². The van der Waals surface area contributed by atoms with E-state index >= 15 is 0 Å². The number of carbonyl (C=O) groups excluding carboxylic acids is 1. The zero-order chi connectivity index (χ0) is 18.0. The fourth-order valence-electron chi connectivity index (χ4n) is 3.88. The summed E-state index contributed by atoms with van der Waals surface area (Å²) in [5.41, 5.74) is 1.28. The van der Waals surface area contributed by atoms with Crippen molar-refractivity contribution >= 4 is 27.3 Å². The standard InChI is InChI=1S/C18H28N2O3S2/c1-3-4-13-25(22,23)19-9-5-15(6-10-19)18(21)20-11-7-17-16(14(20)2)8-12-24-17/h8,12,14-15H,3-7,9-11,13H2,1-2H3. The molecule has 1 aromatic rings. The lowest BCUT2D eigenvalue weighted by Crippen LogP contribution is -2.47. The van der Waals surface area contributed by atoms with E-state index in [0.717, 1.165) is 19.4 Å². The molecule has 140 valence electrons. The summed E-state index contributed by atoms with van der Waals surface area (Å²) in [6.07, 6.45) is 3.81. The molecule has 0 aliphatic carbocycles. The Bertz CT molecular complexity index is 706. The van der Waals surface area contributed by atoms with Gasteiger partial charge in [-0.15, -0.1) is 11.3 Å². The summed E-state index contributed by atoms with van der Waals surface area (Å²) in [5.74, 6) is 0.391. The van der Waals surface area contributed by atoms with Gasteiger partial charge in [0.05, 0.1) is 11.8 Å². The number of fused-ring (bicyclic) bond motifs is 1. The van der Waals surface area contributed by atoms with E-state index in [-0.39, 0.29) is 23.6 Å². The van der Waals surface area contributed by atoms with E-state index in [2.05, 4.69) is 18.4 Å². The first-order valence-corrected chi connectivity index (χ1v) is 11.8. The fraction of sp³-hybridized carbons (Fsp3) is 0.722. The molecule has 3 heterocycles. The highest BCUT2D eigenvalue weighted by molar-refractivity contribution is 7.89. The van der Waals surface area contributed by atoms with Crippen molar-refractivity contribution in [2.45, 2.75) is 52.0 Å². The van der Waals surface area contributed by atoms with Crippen molar-refractivity contribution in [2.75, 3.05) is 25.4 Å². The molecule has 1 amide bonds. The third kappa shape index (κ3) is 3.93. The summed E-state index contributed by atoms with van der Waals surface area (Å²) in [4.78, 5) is 16.4. The van der Waals surface area contributed by atoms with Gasteiger partial charge in [0.1, 0.15) is 0 Å².